The molecule has 1 rings (SSSR count). The molecule has 0 spiro atoms. The third-order valence-corrected chi connectivity index (χ3v) is 2.06. The van der Waals surface area contributed by atoms with Crippen LogP contribution in [-0.2, 0) is 9.47 Å². The molecule has 1 aliphatic rings. The van der Waals surface area contributed by atoms with Gasteiger partial charge in [-0.25, -0.2) is 0 Å². The molecule has 0 aromatic rings. The van der Waals surface area contributed by atoms with E-state index in [1.54, 1.807) is 0 Å². The Morgan fingerprint density at radius 3 is 3.00 bits per heavy atom. The van der Waals surface area contributed by atoms with Crippen LogP contribution in [0.25, 0.3) is 0 Å². The van der Waals surface area contributed by atoms with Gasteiger partial charge in [-0.2, -0.15) is 0 Å². The standard InChI is InChI=1S/C9H19NO3/c1-8(6-11)4-10-5-9-7-12-2-3-13-9/h8-11H,2-7H2,1H3. The number of ether oxygens (including phenoxy) is 2. The summed E-state index contributed by atoms with van der Waals surface area (Å²) in [6, 6.07) is 0. The first-order chi connectivity index (χ1) is 6.33. The number of nitrogens with one attached hydrogen (secondary N) is 1. The Balaban J connectivity index is 1.98. The van der Waals surface area contributed by atoms with E-state index in [0.717, 1.165) is 13.1 Å². The van der Waals surface area contributed by atoms with E-state index in [1.165, 1.54) is 0 Å². The second-order valence-electron chi connectivity index (χ2n) is 3.51. The molecule has 0 bridgehead atoms. The van der Waals surface area contributed by atoms with Crippen molar-refractivity contribution in [2.24, 2.45) is 5.92 Å². The lowest BCUT2D eigenvalue weighted by Crippen LogP contribution is -2.39. The van der Waals surface area contributed by atoms with Crippen molar-refractivity contribution in [1.82, 2.24) is 5.32 Å². The van der Waals surface area contributed by atoms with E-state index in [9.17, 15) is 0 Å². The van der Waals surface area contributed by atoms with Gasteiger partial charge in [0.2, 0.25) is 0 Å². The van der Waals surface area contributed by atoms with Crippen LogP contribution in [-0.4, -0.2) is 50.7 Å². The van der Waals surface area contributed by atoms with Crippen LogP contribution in [0.5, 0.6) is 0 Å². The Bertz CT molecular complexity index is 126. The van der Waals surface area contributed by atoms with Crippen LogP contribution in [0.15, 0.2) is 0 Å². The molecule has 0 radical (unpaired) electrons. The van der Waals surface area contributed by atoms with Crippen molar-refractivity contribution in [2.45, 2.75) is 13.0 Å². The SMILES string of the molecule is CC(CO)CNCC1COCCO1. The fourth-order valence-corrected chi connectivity index (χ4v) is 1.21. The number of hydrogen-bond donors (Lipinski definition) is 2. The lowest BCUT2D eigenvalue weighted by atomic mass is 10.2. The third kappa shape index (κ3) is 4.57. The number of aliphatic hydroxyl groups is 1. The topological polar surface area (TPSA) is 50.7 Å². The van der Waals surface area contributed by atoms with E-state index in [4.69, 9.17) is 14.6 Å². The minimum Gasteiger partial charge on any atom is -0.396 e. The van der Waals surface area contributed by atoms with Gasteiger partial charge < -0.3 is 19.9 Å². The Kier molecular flexibility index (Phi) is 5.31. The molecule has 1 fully saturated rings. The molecular formula is C9H19NO3. The van der Waals surface area contributed by atoms with Gasteiger partial charge in [-0.05, 0) is 12.5 Å². The van der Waals surface area contributed by atoms with E-state index in [2.05, 4.69) is 5.32 Å². The van der Waals surface area contributed by atoms with Crippen molar-refractivity contribution in [3.8, 4) is 0 Å². The highest BCUT2D eigenvalue weighted by atomic mass is 16.6. The van der Waals surface area contributed by atoms with E-state index >= 15 is 0 Å². The zero-order valence-electron chi connectivity index (χ0n) is 8.16. The molecule has 78 valence electrons. The summed E-state index contributed by atoms with van der Waals surface area (Å²) in [4.78, 5) is 0. The fourth-order valence-electron chi connectivity index (χ4n) is 1.21. The summed E-state index contributed by atoms with van der Waals surface area (Å²) in [6.45, 7) is 5.97. The van der Waals surface area contributed by atoms with Crippen molar-refractivity contribution in [1.29, 1.82) is 0 Å². The minimum atomic E-state index is 0.180. The zero-order valence-corrected chi connectivity index (χ0v) is 8.16. The molecule has 4 heteroatoms. The lowest BCUT2D eigenvalue weighted by Gasteiger charge is -2.23. The van der Waals surface area contributed by atoms with Crippen LogP contribution in [0.3, 0.4) is 0 Å². The second kappa shape index (κ2) is 6.32. The van der Waals surface area contributed by atoms with Crippen molar-refractivity contribution in [2.75, 3.05) is 39.5 Å². The second-order valence-corrected chi connectivity index (χ2v) is 3.51. The van der Waals surface area contributed by atoms with Crippen molar-refractivity contribution in [3.63, 3.8) is 0 Å². The highest BCUT2D eigenvalue weighted by Gasteiger charge is 2.13. The summed E-state index contributed by atoms with van der Waals surface area (Å²) in [5.41, 5.74) is 0. The molecule has 0 aromatic carbocycles. The summed E-state index contributed by atoms with van der Waals surface area (Å²) in [7, 11) is 0. The monoisotopic (exact) mass is 189 g/mol. The molecule has 0 amide bonds. The van der Waals surface area contributed by atoms with E-state index in [0.29, 0.717) is 25.7 Å². The van der Waals surface area contributed by atoms with Gasteiger partial charge in [0.25, 0.3) is 0 Å². The van der Waals surface area contributed by atoms with Gasteiger partial charge in [0, 0.05) is 13.2 Å². The van der Waals surface area contributed by atoms with Gasteiger partial charge in [0.15, 0.2) is 0 Å². The molecule has 0 saturated carbocycles. The summed E-state index contributed by atoms with van der Waals surface area (Å²) in [6.07, 6.45) is 0.180. The summed E-state index contributed by atoms with van der Waals surface area (Å²) in [5.74, 6) is 0.310. The normalized spacial score (nSPS) is 25.8. The predicted octanol–water partition coefficient (Wildman–Crippen LogP) is -0.380. The number of aliphatic hydroxyl groups excluding tert-OH is 1. The van der Waals surface area contributed by atoms with Gasteiger partial charge in [0.05, 0.1) is 25.9 Å². The summed E-state index contributed by atoms with van der Waals surface area (Å²) < 4.78 is 10.7. The quantitative estimate of drug-likeness (QED) is 0.619. The van der Waals surface area contributed by atoms with Crippen LogP contribution in [0.4, 0.5) is 0 Å². The Morgan fingerprint density at radius 1 is 1.54 bits per heavy atom. The fraction of sp³-hybridized carbons (Fsp3) is 1.00. The number of hydrogen-bond acceptors (Lipinski definition) is 4. The molecule has 2 N–H and O–H groups in total. The maximum Gasteiger partial charge on any atom is 0.0933 e. The lowest BCUT2D eigenvalue weighted by molar-refractivity contribution is -0.0865. The van der Waals surface area contributed by atoms with Gasteiger partial charge in [0.1, 0.15) is 0 Å². The Morgan fingerprint density at radius 2 is 2.38 bits per heavy atom. The average molecular weight is 189 g/mol. The number of rotatable bonds is 5. The molecular weight excluding hydrogens is 170 g/mol. The van der Waals surface area contributed by atoms with Gasteiger partial charge in [-0.15, -0.1) is 0 Å². The third-order valence-electron chi connectivity index (χ3n) is 2.06. The van der Waals surface area contributed by atoms with Crippen LogP contribution < -0.4 is 5.32 Å². The van der Waals surface area contributed by atoms with Gasteiger partial charge in [-0.3, -0.25) is 0 Å². The molecule has 13 heavy (non-hydrogen) atoms. The van der Waals surface area contributed by atoms with E-state index in [1.807, 2.05) is 6.92 Å². The van der Waals surface area contributed by atoms with E-state index < -0.39 is 0 Å². The summed E-state index contributed by atoms with van der Waals surface area (Å²) in [5, 5.41) is 12.0. The largest absolute Gasteiger partial charge is 0.396 e. The molecule has 1 heterocycles. The van der Waals surface area contributed by atoms with Crippen molar-refractivity contribution in [3.05, 3.63) is 0 Å². The summed E-state index contributed by atoms with van der Waals surface area (Å²) >= 11 is 0. The van der Waals surface area contributed by atoms with E-state index in [-0.39, 0.29) is 12.7 Å². The molecule has 2 unspecified atom stereocenters. The first-order valence-corrected chi connectivity index (χ1v) is 4.84. The van der Waals surface area contributed by atoms with Crippen molar-refractivity contribution < 1.29 is 14.6 Å². The Labute approximate surface area is 79.2 Å². The minimum absolute atomic E-state index is 0.180. The molecule has 0 aromatic heterocycles. The van der Waals surface area contributed by atoms with Crippen LogP contribution in [0, 0.1) is 5.92 Å². The van der Waals surface area contributed by atoms with Crippen LogP contribution >= 0.6 is 0 Å². The first kappa shape index (κ1) is 10.9. The van der Waals surface area contributed by atoms with Crippen LogP contribution in [0.2, 0.25) is 0 Å². The average Bonchev–Trinajstić information content (AvgIpc) is 2.19. The maximum atomic E-state index is 8.78. The zero-order chi connectivity index (χ0) is 9.52. The Hall–Kier alpha value is -0.160. The van der Waals surface area contributed by atoms with Crippen molar-refractivity contribution >= 4 is 0 Å². The predicted molar refractivity (Wildman–Crippen MR) is 49.7 cm³/mol. The van der Waals surface area contributed by atoms with Gasteiger partial charge in [-0.1, -0.05) is 6.92 Å². The molecule has 4 nitrogen and oxygen atoms in total. The maximum absolute atomic E-state index is 8.78. The first-order valence-electron chi connectivity index (χ1n) is 4.84. The highest BCUT2D eigenvalue weighted by molar-refractivity contribution is 4.65. The van der Waals surface area contributed by atoms with Gasteiger partial charge >= 0.3 is 0 Å². The highest BCUT2D eigenvalue weighted by Crippen LogP contribution is 1.99. The molecule has 2 atom stereocenters. The molecule has 0 aliphatic carbocycles. The molecule has 1 aliphatic heterocycles. The smallest absolute Gasteiger partial charge is 0.0933 e. The van der Waals surface area contributed by atoms with Crippen LogP contribution in [0.1, 0.15) is 6.92 Å². The molecule has 1 saturated heterocycles.